The van der Waals surface area contributed by atoms with E-state index in [1.807, 2.05) is 6.26 Å². The van der Waals surface area contributed by atoms with Crippen molar-refractivity contribution in [3.05, 3.63) is 29.7 Å². The second-order valence-electron chi connectivity index (χ2n) is 6.51. The molecule has 0 spiro atoms. The molecule has 3 rings (SSSR count). The van der Waals surface area contributed by atoms with Crippen molar-refractivity contribution in [3.8, 4) is 0 Å². The molecule has 0 aromatic carbocycles. The predicted octanol–water partition coefficient (Wildman–Crippen LogP) is 4.19. The summed E-state index contributed by atoms with van der Waals surface area (Å²) >= 11 is 1.88. The minimum absolute atomic E-state index is 0.0422. The Morgan fingerprint density at radius 2 is 2.14 bits per heavy atom. The molecule has 2 heterocycles. The number of hydrogen-bond donors (Lipinski definition) is 1. The number of amides is 1. The number of carbonyl (C=O) groups is 1. The summed E-state index contributed by atoms with van der Waals surface area (Å²) in [6.07, 6.45) is 9.58. The zero-order valence-electron chi connectivity index (χ0n) is 15.6. The molecule has 10 heteroatoms. The highest BCUT2D eigenvalue weighted by Gasteiger charge is 2.23. The Labute approximate surface area is 171 Å². The van der Waals surface area contributed by atoms with E-state index in [2.05, 4.69) is 25.1 Å². The Morgan fingerprint density at radius 1 is 1.36 bits per heavy atom. The van der Waals surface area contributed by atoms with Crippen LogP contribution in [0.25, 0.3) is 0 Å². The van der Waals surface area contributed by atoms with Crippen LogP contribution in [0.1, 0.15) is 54.3 Å². The van der Waals surface area contributed by atoms with Crippen molar-refractivity contribution in [3.63, 3.8) is 0 Å². The molecule has 1 amide bonds. The van der Waals surface area contributed by atoms with E-state index >= 15 is 0 Å². The number of nitrogens with one attached hydrogen (secondary N) is 1. The summed E-state index contributed by atoms with van der Waals surface area (Å²) < 4.78 is 27.5. The fourth-order valence-corrected chi connectivity index (χ4v) is 4.58. The molecule has 2 aromatic heterocycles. The molecule has 1 aliphatic carbocycles. The van der Waals surface area contributed by atoms with Gasteiger partial charge in [-0.05, 0) is 49.4 Å². The summed E-state index contributed by atoms with van der Waals surface area (Å²) in [6.45, 7) is 0.429. The maximum Gasteiger partial charge on any atom is 0.290 e. The van der Waals surface area contributed by atoms with Gasteiger partial charge in [0.25, 0.3) is 11.7 Å². The molecule has 0 atom stereocenters. The van der Waals surface area contributed by atoms with Crippen LogP contribution in [0, 0.1) is 0 Å². The third kappa shape index (κ3) is 5.22. The van der Waals surface area contributed by atoms with Gasteiger partial charge in [0.05, 0.1) is 5.56 Å². The van der Waals surface area contributed by atoms with E-state index < -0.39 is 11.7 Å². The largest absolute Gasteiger partial charge is 0.352 e. The summed E-state index contributed by atoms with van der Waals surface area (Å²) in [5.41, 5.74) is 0.173. The summed E-state index contributed by atoms with van der Waals surface area (Å²) in [7, 11) is 0. The first-order valence-corrected chi connectivity index (χ1v) is 11.4. The SMILES string of the molecule is CSc1nnc(CCCNC(=O)c2cccnc2SC(F)F)n1C1CCCC1. The molecule has 0 bridgehead atoms. The number of halogens is 2. The highest BCUT2D eigenvalue weighted by atomic mass is 32.2. The number of aryl methyl sites for hydroxylation is 1. The van der Waals surface area contributed by atoms with E-state index in [-0.39, 0.29) is 22.4 Å². The van der Waals surface area contributed by atoms with E-state index in [1.54, 1.807) is 17.8 Å². The molecule has 1 saturated carbocycles. The molecular weight excluding hydrogens is 404 g/mol. The number of aromatic nitrogens is 4. The van der Waals surface area contributed by atoms with E-state index in [1.165, 1.54) is 25.1 Å². The Hall–Kier alpha value is -1.68. The maximum absolute atomic E-state index is 12.6. The fourth-order valence-electron chi connectivity index (χ4n) is 3.43. The Kier molecular flexibility index (Phi) is 7.66. The first-order valence-electron chi connectivity index (χ1n) is 9.26. The van der Waals surface area contributed by atoms with Gasteiger partial charge in [-0.2, -0.15) is 8.78 Å². The van der Waals surface area contributed by atoms with Gasteiger partial charge in [-0.1, -0.05) is 24.6 Å². The van der Waals surface area contributed by atoms with Gasteiger partial charge >= 0.3 is 0 Å². The third-order valence-electron chi connectivity index (χ3n) is 4.69. The molecule has 1 aliphatic rings. The number of pyridine rings is 1. The first-order chi connectivity index (χ1) is 13.6. The van der Waals surface area contributed by atoms with Crippen molar-refractivity contribution in [2.75, 3.05) is 12.8 Å². The quantitative estimate of drug-likeness (QED) is 0.478. The maximum atomic E-state index is 12.6. The molecule has 152 valence electrons. The van der Waals surface area contributed by atoms with Crippen molar-refractivity contribution in [1.29, 1.82) is 0 Å². The van der Waals surface area contributed by atoms with Crippen molar-refractivity contribution in [2.24, 2.45) is 0 Å². The fraction of sp³-hybridized carbons (Fsp3) is 0.556. The van der Waals surface area contributed by atoms with Crippen LogP contribution in [0.2, 0.25) is 0 Å². The molecule has 6 nitrogen and oxygen atoms in total. The lowest BCUT2D eigenvalue weighted by molar-refractivity contribution is 0.0949. The lowest BCUT2D eigenvalue weighted by Crippen LogP contribution is -2.26. The lowest BCUT2D eigenvalue weighted by Gasteiger charge is -2.16. The number of carbonyl (C=O) groups excluding carboxylic acids is 1. The van der Waals surface area contributed by atoms with Gasteiger partial charge in [-0.25, -0.2) is 4.98 Å². The predicted molar refractivity (Wildman–Crippen MR) is 106 cm³/mol. The summed E-state index contributed by atoms with van der Waals surface area (Å²) in [5.74, 6) is -2.06. The van der Waals surface area contributed by atoms with Gasteiger partial charge in [0.1, 0.15) is 10.9 Å². The van der Waals surface area contributed by atoms with Gasteiger partial charge in [0.2, 0.25) is 0 Å². The molecule has 2 aromatic rings. The van der Waals surface area contributed by atoms with Gasteiger partial charge in [-0.3, -0.25) is 4.79 Å². The van der Waals surface area contributed by atoms with Gasteiger partial charge in [0, 0.05) is 25.2 Å². The second kappa shape index (κ2) is 10.2. The van der Waals surface area contributed by atoms with Crippen LogP contribution in [0.4, 0.5) is 8.78 Å². The molecule has 0 radical (unpaired) electrons. The standard InChI is InChI=1S/C18H23F2N5OS2/c1-27-18-24-23-14(25(18)12-6-2-3-7-12)9-5-10-21-15(26)13-8-4-11-22-16(13)28-17(19)20/h4,8,11-12,17H,2-3,5-7,9-10H2,1H3,(H,21,26). The number of hydrogen-bond acceptors (Lipinski definition) is 6. The first kappa shape index (κ1) is 21.0. The van der Waals surface area contributed by atoms with Crippen LogP contribution in [0.15, 0.2) is 28.5 Å². The van der Waals surface area contributed by atoms with Crippen LogP contribution >= 0.6 is 23.5 Å². The summed E-state index contributed by atoms with van der Waals surface area (Å²) in [5, 5.41) is 12.4. The minimum Gasteiger partial charge on any atom is -0.352 e. The van der Waals surface area contributed by atoms with Crippen LogP contribution in [0.3, 0.4) is 0 Å². The molecule has 28 heavy (non-hydrogen) atoms. The van der Waals surface area contributed by atoms with Crippen LogP contribution in [-0.2, 0) is 6.42 Å². The van der Waals surface area contributed by atoms with Gasteiger partial charge in [0.15, 0.2) is 5.16 Å². The zero-order valence-corrected chi connectivity index (χ0v) is 17.2. The molecule has 1 N–H and O–H groups in total. The Balaban J connectivity index is 1.55. The van der Waals surface area contributed by atoms with Gasteiger partial charge < -0.3 is 9.88 Å². The van der Waals surface area contributed by atoms with E-state index in [0.717, 1.165) is 23.8 Å². The Morgan fingerprint density at radius 3 is 2.86 bits per heavy atom. The third-order valence-corrected chi connectivity index (χ3v) is 6.06. The van der Waals surface area contributed by atoms with E-state index in [9.17, 15) is 13.6 Å². The van der Waals surface area contributed by atoms with Crippen LogP contribution in [-0.4, -0.2) is 44.2 Å². The smallest absolute Gasteiger partial charge is 0.290 e. The van der Waals surface area contributed by atoms with Crippen LogP contribution < -0.4 is 5.32 Å². The van der Waals surface area contributed by atoms with Crippen molar-refractivity contribution >= 4 is 29.4 Å². The topological polar surface area (TPSA) is 72.7 Å². The van der Waals surface area contributed by atoms with E-state index in [0.29, 0.717) is 25.4 Å². The zero-order chi connectivity index (χ0) is 19.9. The summed E-state index contributed by atoms with van der Waals surface area (Å²) in [4.78, 5) is 16.2. The lowest BCUT2D eigenvalue weighted by atomic mass is 10.2. The van der Waals surface area contributed by atoms with Crippen molar-refractivity contribution < 1.29 is 13.6 Å². The highest BCUT2D eigenvalue weighted by molar-refractivity contribution is 7.99. The highest BCUT2D eigenvalue weighted by Crippen LogP contribution is 2.33. The number of nitrogens with zero attached hydrogens (tertiary/aromatic N) is 4. The molecular formula is C18H23F2N5OS2. The van der Waals surface area contributed by atoms with Crippen molar-refractivity contribution in [2.45, 2.75) is 60.5 Å². The average Bonchev–Trinajstić information content (AvgIpc) is 3.34. The molecule has 0 aliphatic heterocycles. The van der Waals surface area contributed by atoms with E-state index in [4.69, 9.17) is 0 Å². The van der Waals surface area contributed by atoms with Crippen molar-refractivity contribution in [1.82, 2.24) is 25.1 Å². The monoisotopic (exact) mass is 427 g/mol. The molecule has 0 unspecified atom stereocenters. The minimum atomic E-state index is -2.62. The normalized spacial score (nSPS) is 14.7. The molecule has 1 fully saturated rings. The molecule has 0 saturated heterocycles. The van der Waals surface area contributed by atoms with Crippen LogP contribution in [0.5, 0.6) is 0 Å². The second-order valence-corrected chi connectivity index (χ2v) is 8.26. The average molecular weight is 428 g/mol. The number of alkyl halides is 2. The number of rotatable bonds is 9. The van der Waals surface area contributed by atoms with Gasteiger partial charge in [-0.15, -0.1) is 10.2 Å². The Bertz CT molecular complexity index is 796. The summed E-state index contributed by atoms with van der Waals surface area (Å²) in [6, 6.07) is 3.54. The number of thioether (sulfide) groups is 2.